The highest BCUT2D eigenvalue weighted by Gasteiger charge is 2.66. The molecule has 4 nitrogen and oxygen atoms in total. The molecule has 53 heavy (non-hydrogen) atoms. The van der Waals surface area contributed by atoms with Crippen molar-refractivity contribution >= 4 is 20.4 Å². The van der Waals surface area contributed by atoms with Crippen molar-refractivity contribution in [3.8, 4) is 5.75 Å². The zero-order valence-electron chi connectivity index (χ0n) is 28.3. The molecule has 3 aromatic rings. The molecule has 3 fully saturated rings. The smallest absolute Gasteiger partial charge is 0.406 e. The molecule has 3 aromatic carbocycles. The van der Waals surface area contributed by atoms with E-state index in [1.807, 2.05) is 6.07 Å². The first kappa shape index (κ1) is 42.9. The Bertz CT molecular complexity index is 1660. The van der Waals surface area contributed by atoms with Crippen molar-refractivity contribution in [1.29, 1.82) is 0 Å². The van der Waals surface area contributed by atoms with Gasteiger partial charge in [0.15, 0.2) is 0 Å². The third-order valence-corrected chi connectivity index (χ3v) is 11.5. The summed E-state index contributed by atoms with van der Waals surface area (Å²) in [5.41, 5.74) is 1.97. The van der Waals surface area contributed by atoms with Crippen LogP contribution in [0.15, 0.2) is 82.6 Å². The second kappa shape index (κ2) is 14.7. The number of benzene rings is 3. The first-order valence-electron chi connectivity index (χ1n) is 16.8. The maximum absolute atomic E-state index is 12.7. The molecule has 19 heteroatoms. The monoisotopic (exact) mass is 819 g/mol. The summed E-state index contributed by atoms with van der Waals surface area (Å²) in [7, 11) is -19.1. The molecule has 0 bridgehead atoms. The molecule has 0 unspecified atom stereocenters. The lowest BCUT2D eigenvalue weighted by Gasteiger charge is -2.41. The Morgan fingerprint density at radius 2 is 0.830 bits per heavy atom. The van der Waals surface area contributed by atoms with Crippen LogP contribution in [0.1, 0.15) is 73.0 Å². The summed E-state index contributed by atoms with van der Waals surface area (Å²) >= 11 is 0. The van der Waals surface area contributed by atoms with Crippen molar-refractivity contribution in [3.63, 3.8) is 0 Å². The van der Waals surface area contributed by atoms with E-state index in [2.05, 4.69) is 20.7 Å². The van der Waals surface area contributed by atoms with Gasteiger partial charge in [0.25, 0.3) is 0 Å². The summed E-state index contributed by atoms with van der Waals surface area (Å²) in [5, 5.41) is 9.45. The van der Waals surface area contributed by atoms with Crippen molar-refractivity contribution in [1.82, 2.24) is 16.0 Å². The van der Waals surface area contributed by atoms with Gasteiger partial charge in [-0.1, -0.05) is 75.3 Å². The van der Waals surface area contributed by atoms with Gasteiger partial charge in [-0.3, -0.25) is 0 Å². The van der Waals surface area contributed by atoms with Crippen LogP contribution in [0.2, 0.25) is 0 Å². The Balaban J connectivity index is 0.000000178. The van der Waals surface area contributed by atoms with Gasteiger partial charge in [0.2, 0.25) is 0 Å². The van der Waals surface area contributed by atoms with Crippen molar-refractivity contribution in [2.24, 2.45) is 0 Å². The maximum atomic E-state index is 12.7. The van der Waals surface area contributed by atoms with E-state index >= 15 is 0 Å². The summed E-state index contributed by atoms with van der Waals surface area (Å²) in [6.07, 6.45) is 0.261. The Morgan fingerprint density at radius 1 is 0.453 bits per heavy atom. The van der Waals surface area contributed by atoms with Crippen LogP contribution in [0.5, 0.6) is 5.75 Å². The zero-order valence-corrected chi connectivity index (χ0v) is 29.9. The molecule has 0 spiro atoms. The van der Waals surface area contributed by atoms with Crippen LogP contribution < -0.4 is 20.7 Å². The van der Waals surface area contributed by atoms with Crippen LogP contribution >= 0.6 is 20.4 Å². The molecule has 3 heterocycles. The van der Waals surface area contributed by atoms with Crippen molar-refractivity contribution in [2.75, 3.05) is 39.3 Å². The molecular weight excluding hydrogens is 778 g/mol. The van der Waals surface area contributed by atoms with Gasteiger partial charge in [-0.25, -0.2) is 0 Å². The van der Waals surface area contributed by atoms with Gasteiger partial charge in [-0.2, -0.15) is 0 Å². The van der Waals surface area contributed by atoms with Crippen molar-refractivity contribution < 1.29 is 56.8 Å². The minimum atomic E-state index is -9.55. The maximum Gasteiger partial charge on any atom is 0.573 e. The average Bonchev–Trinajstić information content (AvgIpc) is 3.08. The fourth-order valence-corrected chi connectivity index (χ4v) is 7.78. The van der Waals surface area contributed by atoms with Crippen LogP contribution in [0.3, 0.4) is 0 Å². The van der Waals surface area contributed by atoms with Crippen molar-refractivity contribution in [3.05, 3.63) is 89.5 Å². The molecular formula is C34H42F13N3OS2. The molecule has 0 radical (unpaired) electrons. The number of halogens is 13. The molecule has 0 amide bonds. The van der Waals surface area contributed by atoms with Gasteiger partial charge in [0, 0.05) is 0 Å². The second-order valence-corrected chi connectivity index (χ2v) is 18.1. The van der Waals surface area contributed by atoms with E-state index in [-0.39, 0.29) is 17.6 Å². The van der Waals surface area contributed by atoms with Crippen molar-refractivity contribution in [2.45, 2.75) is 72.4 Å². The average molecular weight is 820 g/mol. The van der Waals surface area contributed by atoms with Crippen LogP contribution in [-0.4, -0.2) is 45.6 Å². The molecule has 0 saturated carbocycles. The minimum Gasteiger partial charge on any atom is -0.406 e. The van der Waals surface area contributed by atoms with Gasteiger partial charge < -0.3 is 20.7 Å². The standard InChI is InChI=1S/C12H14F3NO.2C11H14F5NS/c13-12(14,15)17-11-3-1-2-10(8-11)9-4-6-16-7-5-9;12-18(13,14,15,16)11-3-1-9(2-4-11)10-5-7-17-8-6-10;12-18(13,14,15,16)11-3-1-2-10(8-11)9-4-6-17-7-5-9/h1-3,8-9,16H,4-7H2;1-4,10,17H,5-8H2;1-3,8-9,17H,4-7H2. The lowest BCUT2D eigenvalue weighted by atomic mass is 9.90. The second-order valence-electron chi connectivity index (χ2n) is 13.3. The highest BCUT2D eigenvalue weighted by Crippen LogP contribution is 3.02. The number of hydrogen-bond acceptors (Lipinski definition) is 4. The van der Waals surface area contributed by atoms with Gasteiger partial charge in [-0.15, -0.1) is 13.2 Å². The highest BCUT2D eigenvalue weighted by atomic mass is 32.5. The van der Waals surface area contributed by atoms with E-state index in [1.54, 1.807) is 6.07 Å². The van der Waals surface area contributed by atoms with E-state index in [0.717, 1.165) is 63.5 Å². The molecule has 0 aromatic heterocycles. The molecule has 3 aliphatic heterocycles. The summed E-state index contributed by atoms with van der Waals surface area (Å²) < 4.78 is 166. The summed E-state index contributed by atoms with van der Waals surface area (Å²) in [6, 6.07) is 13.2. The molecule has 3 saturated heterocycles. The number of nitrogens with one attached hydrogen (secondary N) is 3. The minimum absolute atomic E-state index is 0.0776. The molecule has 302 valence electrons. The Morgan fingerprint density at radius 3 is 1.23 bits per heavy atom. The van der Waals surface area contributed by atoms with Gasteiger partial charge in [0.05, 0.1) is 0 Å². The first-order chi connectivity index (χ1) is 24.2. The van der Waals surface area contributed by atoms with Gasteiger partial charge in [-0.05, 0) is 149 Å². The van der Waals surface area contributed by atoms with Crippen LogP contribution in [0.25, 0.3) is 0 Å². The summed E-state index contributed by atoms with van der Waals surface area (Å²) in [6.45, 7) is 4.82. The SMILES string of the molecule is FC(F)(F)Oc1cccc(C2CCNCC2)c1.FS(F)(F)(F)(F)c1ccc(C2CCNCC2)cc1.FS(F)(F)(F)(F)c1cccc(C2CCNCC2)c1. The number of rotatable bonds is 6. The Kier molecular flexibility index (Phi) is 11.9. The highest BCUT2D eigenvalue weighted by molar-refractivity contribution is 8.46. The Hall–Kier alpha value is -2.87. The Labute approximate surface area is 299 Å². The van der Waals surface area contributed by atoms with E-state index in [1.165, 1.54) is 30.3 Å². The summed E-state index contributed by atoms with van der Waals surface area (Å²) in [4.78, 5) is -3.60. The summed E-state index contributed by atoms with van der Waals surface area (Å²) in [5.74, 6) is 0.270. The number of alkyl halides is 3. The zero-order chi connectivity index (χ0) is 39.3. The van der Waals surface area contributed by atoms with E-state index in [9.17, 15) is 52.0 Å². The fourth-order valence-electron chi connectivity index (χ4n) is 6.44. The molecule has 6 rings (SSSR count). The topological polar surface area (TPSA) is 45.3 Å². The van der Waals surface area contributed by atoms with Crippen LogP contribution in [0, 0.1) is 0 Å². The third kappa shape index (κ3) is 14.1. The largest absolute Gasteiger partial charge is 0.573 e. The fraction of sp³-hybridized carbons (Fsp3) is 0.471. The quantitative estimate of drug-likeness (QED) is 0.217. The number of hydrogen-bond donors (Lipinski definition) is 3. The lowest BCUT2D eigenvalue weighted by Crippen LogP contribution is -2.26. The normalized spacial score (nSPS) is 20.9. The van der Waals surface area contributed by atoms with Gasteiger partial charge >= 0.3 is 26.8 Å². The molecule has 0 aliphatic carbocycles. The van der Waals surface area contributed by atoms with Crippen LogP contribution in [0.4, 0.5) is 52.0 Å². The lowest BCUT2D eigenvalue weighted by molar-refractivity contribution is -0.274. The molecule has 3 N–H and O–H groups in total. The predicted octanol–water partition coefficient (Wildman–Crippen LogP) is 12.7. The molecule has 3 aliphatic rings. The molecule has 0 atom stereocenters. The predicted molar refractivity (Wildman–Crippen MR) is 183 cm³/mol. The van der Waals surface area contributed by atoms with E-state index < -0.39 is 36.6 Å². The van der Waals surface area contributed by atoms with Crippen LogP contribution in [-0.2, 0) is 0 Å². The van der Waals surface area contributed by atoms with Gasteiger partial charge in [0.1, 0.15) is 15.5 Å². The van der Waals surface area contributed by atoms with E-state index in [0.29, 0.717) is 67.2 Å². The number of piperidine rings is 3. The van der Waals surface area contributed by atoms with E-state index in [4.69, 9.17) is 0 Å². The third-order valence-electron chi connectivity index (χ3n) is 9.15. The number of ether oxygens (including phenoxy) is 1. The first-order valence-corrected chi connectivity index (χ1v) is 20.7.